The molecule has 0 bridgehead atoms. The molecule has 0 saturated carbocycles. The van der Waals surface area contributed by atoms with Crippen LogP contribution >= 0.6 is 23.1 Å². The van der Waals surface area contributed by atoms with Crippen molar-refractivity contribution in [2.75, 3.05) is 12.3 Å². The molecule has 0 aliphatic carbocycles. The van der Waals surface area contributed by atoms with E-state index in [1.165, 1.54) is 98.8 Å². The molecular formula is C23H41IN2S2. The highest BCUT2D eigenvalue weighted by atomic mass is 127. The lowest BCUT2D eigenvalue weighted by Gasteiger charge is -2.24. The van der Waals surface area contributed by atoms with Gasteiger partial charge in [0.25, 0.3) is 5.01 Å². The summed E-state index contributed by atoms with van der Waals surface area (Å²) in [5.41, 5.74) is 1.42. The minimum absolute atomic E-state index is 0. The molecule has 1 aromatic heterocycles. The smallest absolute Gasteiger partial charge is 0.264 e. The number of thioether (sulfide) groups is 1. The molecule has 1 atom stereocenters. The summed E-state index contributed by atoms with van der Waals surface area (Å²) in [5, 5.41) is 5.27. The number of hydrogen-bond donors (Lipinski definition) is 0. The molecule has 2 heterocycles. The van der Waals surface area contributed by atoms with Gasteiger partial charge in [-0.1, -0.05) is 70.1 Å². The maximum Gasteiger partial charge on any atom is 0.264 e. The van der Waals surface area contributed by atoms with Gasteiger partial charge in [-0.05, 0) is 19.8 Å². The lowest BCUT2D eigenvalue weighted by molar-refractivity contribution is -0.700. The third kappa shape index (κ3) is 8.55. The fraction of sp³-hybridized carbons (Fsp3) is 0.783. The third-order valence-electron chi connectivity index (χ3n) is 5.56. The average Bonchev–Trinajstić information content (AvgIpc) is 3.18. The molecule has 1 aliphatic rings. The van der Waals surface area contributed by atoms with Crippen LogP contribution in [0, 0.1) is 6.92 Å². The summed E-state index contributed by atoms with van der Waals surface area (Å²) in [5.74, 6) is 1.24. The second kappa shape index (κ2) is 15.1. The van der Waals surface area contributed by atoms with E-state index in [4.69, 9.17) is 0 Å². The van der Waals surface area contributed by atoms with Gasteiger partial charge in [0.2, 0.25) is 0 Å². The Labute approximate surface area is 199 Å². The van der Waals surface area contributed by atoms with Crippen molar-refractivity contribution in [3.63, 3.8) is 0 Å². The molecule has 0 aromatic carbocycles. The van der Waals surface area contributed by atoms with Gasteiger partial charge in [-0.25, -0.2) is 0 Å². The van der Waals surface area contributed by atoms with E-state index in [9.17, 15) is 0 Å². The summed E-state index contributed by atoms with van der Waals surface area (Å²) in [4.78, 5) is 2.66. The van der Waals surface area contributed by atoms with Gasteiger partial charge in [0.05, 0.1) is 16.5 Å². The molecule has 1 unspecified atom stereocenters. The van der Waals surface area contributed by atoms with Crippen LogP contribution in [0.15, 0.2) is 10.4 Å². The maximum absolute atomic E-state index is 2.66. The molecule has 1 aliphatic heterocycles. The zero-order valence-electron chi connectivity index (χ0n) is 18.5. The van der Waals surface area contributed by atoms with E-state index in [0.29, 0.717) is 6.04 Å². The first-order valence-corrected chi connectivity index (χ1v) is 13.1. The van der Waals surface area contributed by atoms with Crippen LogP contribution in [0.4, 0.5) is 0 Å². The lowest BCUT2D eigenvalue weighted by Crippen LogP contribution is -3.00. The van der Waals surface area contributed by atoms with Crippen molar-refractivity contribution in [3.05, 3.63) is 21.1 Å². The molecule has 2 rings (SSSR count). The summed E-state index contributed by atoms with van der Waals surface area (Å²) in [6, 6.07) is 0.677. The third-order valence-corrected chi connectivity index (χ3v) is 7.90. The normalized spacial score (nSPS) is 18.1. The molecular weight excluding hydrogens is 495 g/mol. The molecule has 0 amide bonds. The Morgan fingerprint density at radius 2 is 1.68 bits per heavy atom. The second-order valence-electron chi connectivity index (χ2n) is 8.03. The number of halogens is 1. The van der Waals surface area contributed by atoms with Crippen molar-refractivity contribution in [2.45, 2.75) is 104 Å². The van der Waals surface area contributed by atoms with E-state index in [1.54, 1.807) is 0 Å². The van der Waals surface area contributed by atoms with E-state index in [-0.39, 0.29) is 24.0 Å². The standard InChI is InChI=1S/C23H41N2S2.HI/c1-5-7-9-11-13-15-24-20(3)18-26-22(24)17-23-25(21(4)19-27-23)16-14-12-10-8-6-2;/h17-18,21H,5-16,19H2,1-4H3;1H/q+1;/p-1. The van der Waals surface area contributed by atoms with E-state index < -0.39 is 0 Å². The number of thiazole rings is 1. The van der Waals surface area contributed by atoms with Gasteiger partial charge in [-0.2, -0.15) is 4.57 Å². The number of aryl methyl sites for hydroxylation is 1. The molecule has 0 radical (unpaired) electrons. The highest BCUT2D eigenvalue weighted by molar-refractivity contribution is 8.03. The zero-order chi connectivity index (χ0) is 19.5. The first kappa shape index (κ1) is 26.3. The van der Waals surface area contributed by atoms with E-state index in [2.05, 4.69) is 60.4 Å². The summed E-state index contributed by atoms with van der Waals surface area (Å²) in [6.45, 7) is 11.6. The Morgan fingerprint density at radius 3 is 2.36 bits per heavy atom. The van der Waals surface area contributed by atoms with Gasteiger partial charge in [-0.3, -0.25) is 0 Å². The Hall–Kier alpha value is 0.250. The molecule has 5 heteroatoms. The Balaban J connectivity index is 0.00000392. The first-order valence-electron chi connectivity index (χ1n) is 11.3. The molecule has 1 aromatic rings. The molecule has 28 heavy (non-hydrogen) atoms. The summed E-state index contributed by atoms with van der Waals surface area (Å²) < 4.78 is 2.55. The predicted molar refractivity (Wildman–Crippen MR) is 123 cm³/mol. The van der Waals surface area contributed by atoms with Gasteiger partial charge >= 0.3 is 0 Å². The van der Waals surface area contributed by atoms with Gasteiger partial charge in [-0.15, -0.1) is 11.8 Å². The average molecular weight is 537 g/mol. The highest BCUT2D eigenvalue weighted by Crippen LogP contribution is 2.34. The fourth-order valence-corrected chi connectivity index (χ4v) is 6.02. The van der Waals surface area contributed by atoms with Crippen LogP contribution in [0.5, 0.6) is 0 Å². The summed E-state index contributed by atoms with van der Waals surface area (Å²) in [6.07, 6.45) is 16.1. The predicted octanol–water partition coefficient (Wildman–Crippen LogP) is 4.02. The fourth-order valence-electron chi connectivity index (χ4n) is 3.76. The summed E-state index contributed by atoms with van der Waals surface area (Å²) in [7, 11) is 0. The van der Waals surface area contributed by atoms with Crippen LogP contribution in [0.2, 0.25) is 0 Å². The molecule has 162 valence electrons. The molecule has 2 nitrogen and oxygen atoms in total. The van der Waals surface area contributed by atoms with Crippen molar-refractivity contribution in [3.8, 4) is 0 Å². The zero-order valence-corrected chi connectivity index (χ0v) is 22.3. The number of aromatic nitrogens is 1. The van der Waals surface area contributed by atoms with Crippen LogP contribution < -0.4 is 28.5 Å². The summed E-state index contributed by atoms with van der Waals surface area (Å²) >= 11 is 3.97. The molecule has 0 spiro atoms. The second-order valence-corrected chi connectivity index (χ2v) is 9.96. The number of nitrogens with zero attached hydrogens (tertiary/aromatic N) is 2. The van der Waals surface area contributed by atoms with Gasteiger partial charge in [0.15, 0.2) is 5.69 Å². The first-order chi connectivity index (χ1) is 13.2. The van der Waals surface area contributed by atoms with Gasteiger partial charge in [0, 0.05) is 31.7 Å². The highest BCUT2D eigenvalue weighted by Gasteiger charge is 2.26. The SMILES string of the molecule is CCCCCCCN1C(=Cc2scc(C)[n+]2CCCCCCC)SCC1C.[I-]. The van der Waals surface area contributed by atoms with Crippen LogP contribution in [-0.4, -0.2) is 23.2 Å². The quantitative estimate of drug-likeness (QED) is 0.214. The largest absolute Gasteiger partial charge is 1.00 e. The van der Waals surface area contributed by atoms with E-state index in [1.807, 2.05) is 11.3 Å². The van der Waals surface area contributed by atoms with Crippen molar-refractivity contribution < 1.29 is 28.5 Å². The number of rotatable bonds is 13. The minimum Gasteiger partial charge on any atom is -1.00 e. The van der Waals surface area contributed by atoms with Crippen molar-refractivity contribution in [1.29, 1.82) is 0 Å². The van der Waals surface area contributed by atoms with Crippen LogP contribution in [0.3, 0.4) is 0 Å². The Bertz CT molecular complexity index is 571. The van der Waals surface area contributed by atoms with Gasteiger partial charge in [0.1, 0.15) is 6.54 Å². The van der Waals surface area contributed by atoms with Crippen LogP contribution in [0.1, 0.15) is 95.7 Å². The van der Waals surface area contributed by atoms with Gasteiger partial charge < -0.3 is 28.9 Å². The van der Waals surface area contributed by atoms with Crippen LogP contribution in [0.25, 0.3) is 6.08 Å². The van der Waals surface area contributed by atoms with Crippen molar-refractivity contribution in [1.82, 2.24) is 4.90 Å². The van der Waals surface area contributed by atoms with E-state index in [0.717, 1.165) is 0 Å². The van der Waals surface area contributed by atoms with Crippen LogP contribution in [-0.2, 0) is 6.54 Å². The Morgan fingerprint density at radius 1 is 1.04 bits per heavy atom. The number of hydrogen-bond acceptors (Lipinski definition) is 3. The molecule has 0 N–H and O–H groups in total. The van der Waals surface area contributed by atoms with Crippen molar-refractivity contribution >= 4 is 29.2 Å². The molecule has 1 fully saturated rings. The number of unbranched alkanes of at least 4 members (excludes halogenated alkanes) is 8. The van der Waals surface area contributed by atoms with Crippen molar-refractivity contribution in [2.24, 2.45) is 0 Å². The lowest BCUT2D eigenvalue weighted by atomic mass is 10.1. The van der Waals surface area contributed by atoms with E-state index >= 15 is 0 Å². The topological polar surface area (TPSA) is 7.12 Å². The monoisotopic (exact) mass is 536 g/mol. The maximum atomic E-state index is 2.66. The molecule has 1 saturated heterocycles. The minimum atomic E-state index is 0. The Kier molecular flexibility index (Phi) is 14.2.